The number of benzene rings is 2. The zero-order valence-electron chi connectivity index (χ0n) is 16.7. The predicted octanol–water partition coefficient (Wildman–Crippen LogP) is 4.02. The van der Waals surface area contributed by atoms with E-state index in [9.17, 15) is 9.59 Å². The summed E-state index contributed by atoms with van der Waals surface area (Å²) in [6.07, 6.45) is 1.71. The summed E-state index contributed by atoms with van der Waals surface area (Å²) in [4.78, 5) is 24.8. The van der Waals surface area contributed by atoms with Crippen molar-refractivity contribution in [2.24, 2.45) is 0 Å². The standard InChI is InChI=1S/C22H28N2O4/c1-4-14-27-19-12-8-9-13-20(19)28-15-21(25)24-18-11-7-6-10-17(18)22(26)23-16(3)5-2/h6-13,16H,4-5,14-15H2,1-3H3,(H,23,26)(H,24,25). The van der Waals surface area contributed by atoms with Crippen LogP contribution < -0.4 is 20.1 Å². The Morgan fingerprint density at radius 3 is 2.29 bits per heavy atom. The fraction of sp³-hybridized carbons (Fsp3) is 0.364. The van der Waals surface area contributed by atoms with Gasteiger partial charge in [-0.1, -0.05) is 38.1 Å². The van der Waals surface area contributed by atoms with Gasteiger partial charge in [0.1, 0.15) is 0 Å². The Hall–Kier alpha value is -3.02. The predicted molar refractivity (Wildman–Crippen MR) is 110 cm³/mol. The van der Waals surface area contributed by atoms with Crippen LogP contribution in [-0.2, 0) is 4.79 Å². The van der Waals surface area contributed by atoms with E-state index < -0.39 is 0 Å². The average Bonchev–Trinajstić information content (AvgIpc) is 2.71. The van der Waals surface area contributed by atoms with Crippen LogP contribution in [0.25, 0.3) is 0 Å². The minimum atomic E-state index is -0.353. The van der Waals surface area contributed by atoms with Gasteiger partial charge in [-0.05, 0) is 44.0 Å². The molecule has 0 heterocycles. The lowest BCUT2D eigenvalue weighted by atomic mass is 10.1. The summed E-state index contributed by atoms with van der Waals surface area (Å²) in [5.74, 6) is 0.540. The van der Waals surface area contributed by atoms with Gasteiger partial charge in [0, 0.05) is 6.04 Å². The Morgan fingerprint density at radius 1 is 0.964 bits per heavy atom. The Morgan fingerprint density at radius 2 is 1.61 bits per heavy atom. The number of nitrogens with one attached hydrogen (secondary N) is 2. The van der Waals surface area contributed by atoms with Crippen molar-refractivity contribution >= 4 is 17.5 Å². The quantitative estimate of drug-likeness (QED) is 0.649. The van der Waals surface area contributed by atoms with Crippen LogP contribution in [0.4, 0.5) is 5.69 Å². The molecule has 0 aliphatic heterocycles. The van der Waals surface area contributed by atoms with Crippen LogP contribution in [0.2, 0.25) is 0 Å². The van der Waals surface area contributed by atoms with Crippen molar-refractivity contribution in [1.82, 2.24) is 5.32 Å². The minimum absolute atomic E-state index is 0.0548. The average molecular weight is 384 g/mol. The number of carbonyl (C=O) groups is 2. The molecule has 1 unspecified atom stereocenters. The van der Waals surface area contributed by atoms with Gasteiger partial charge in [-0.25, -0.2) is 0 Å². The van der Waals surface area contributed by atoms with E-state index in [0.29, 0.717) is 29.4 Å². The molecule has 2 aromatic rings. The first-order valence-corrected chi connectivity index (χ1v) is 9.59. The van der Waals surface area contributed by atoms with Crippen LogP contribution in [-0.4, -0.2) is 31.1 Å². The van der Waals surface area contributed by atoms with Crippen LogP contribution in [0.5, 0.6) is 11.5 Å². The van der Waals surface area contributed by atoms with Gasteiger partial charge in [-0.15, -0.1) is 0 Å². The summed E-state index contributed by atoms with van der Waals surface area (Å²) in [7, 11) is 0. The van der Waals surface area contributed by atoms with E-state index in [4.69, 9.17) is 9.47 Å². The van der Waals surface area contributed by atoms with Gasteiger partial charge >= 0.3 is 0 Å². The van der Waals surface area contributed by atoms with Crippen molar-refractivity contribution in [3.8, 4) is 11.5 Å². The van der Waals surface area contributed by atoms with Gasteiger partial charge < -0.3 is 20.1 Å². The molecule has 0 saturated heterocycles. The van der Waals surface area contributed by atoms with Crippen LogP contribution in [0.3, 0.4) is 0 Å². The molecule has 28 heavy (non-hydrogen) atoms. The number of carbonyl (C=O) groups excluding carboxylic acids is 2. The van der Waals surface area contributed by atoms with Crippen molar-refractivity contribution in [2.75, 3.05) is 18.5 Å². The summed E-state index contributed by atoms with van der Waals surface area (Å²) < 4.78 is 11.2. The highest BCUT2D eigenvalue weighted by Gasteiger charge is 2.15. The van der Waals surface area contributed by atoms with Crippen LogP contribution in [0.1, 0.15) is 44.0 Å². The van der Waals surface area contributed by atoms with Crippen molar-refractivity contribution < 1.29 is 19.1 Å². The number of anilines is 1. The molecular weight excluding hydrogens is 356 g/mol. The van der Waals surface area contributed by atoms with Gasteiger partial charge in [-0.2, -0.15) is 0 Å². The molecule has 0 aliphatic rings. The highest BCUT2D eigenvalue weighted by atomic mass is 16.5. The van der Waals surface area contributed by atoms with Crippen LogP contribution >= 0.6 is 0 Å². The fourth-order valence-electron chi connectivity index (χ4n) is 2.42. The number of para-hydroxylation sites is 3. The van der Waals surface area contributed by atoms with Crippen molar-refractivity contribution in [1.29, 1.82) is 0 Å². The molecule has 6 heteroatoms. The van der Waals surface area contributed by atoms with E-state index in [0.717, 1.165) is 12.8 Å². The lowest BCUT2D eigenvalue weighted by Gasteiger charge is -2.15. The molecule has 2 amide bonds. The SMILES string of the molecule is CCCOc1ccccc1OCC(=O)Nc1ccccc1C(=O)NC(C)CC. The van der Waals surface area contributed by atoms with Gasteiger partial charge in [0.05, 0.1) is 17.9 Å². The van der Waals surface area contributed by atoms with Gasteiger partial charge in [0.2, 0.25) is 0 Å². The lowest BCUT2D eigenvalue weighted by Crippen LogP contribution is -2.33. The van der Waals surface area contributed by atoms with Crippen LogP contribution in [0.15, 0.2) is 48.5 Å². The Kier molecular flexibility index (Phi) is 8.34. The zero-order chi connectivity index (χ0) is 20.4. The number of amides is 2. The monoisotopic (exact) mass is 384 g/mol. The number of rotatable bonds is 10. The summed E-state index contributed by atoms with van der Waals surface area (Å²) >= 11 is 0. The topological polar surface area (TPSA) is 76.7 Å². The zero-order valence-corrected chi connectivity index (χ0v) is 16.7. The van der Waals surface area contributed by atoms with E-state index in [1.54, 1.807) is 36.4 Å². The third-order valence-corrected chi connectivity index (χ3v) is 4.11. The first-order valence-electron chi connectivity index (χ1n) is 9.59. The molecule has 2 aromatic carbocycles. The Bertz CT molecular complexity index is 792. The molecule has 6 nitrogen and oxygen atoms in total. The van der Waals surface area contributed by atoms with E-state index in [2.05, 4.69) is 10.6 Å². The lowest BCUT2D eigenvalue weighted by molar-refractivity contribution is -0.118. The summed E-state index contributed by atoms with van der Waals surface area (Å²) in [6, 6.07) is 14.2. The van der Waals surface area contributed by atoms with E-state index in [-0.39, 0.29) is 24.5 Å². The molecule has 0 bridgehead atoms. The Balaban J connectivity index is 2.00. The maximum Gasteiger partial charge on any atom is 0.262 e. The molecule has 1 atom stereocenters. The van der Waals surface area contributed by atoms with Gasteiger partial charge in [0.15, 0.2) is 18.1 Å². The second kappa shape index (κ2) is 11.0. The van der Waals surface area contributed by atoms with Gasteiger partial charge in [-0.3, -0.25) is 9.59 Å². The smallest absolute Gasteiger partial charge is 0.262 e. The van der Waals surface area contributed by atoms with E-state index in [1.165, 1.54) is 0 Å². The molecule has 0 fully saturated rings. The van der Waals surface area contributed by atoms with Crippen molar-refractivity contribution in [3.63, 3.8) is 0 Å². The minimum Gasteiger partial charge on any atom is -0.490 e. The highest BCUT2D eigenvalue weighted by Crippen LogP contribution is 2.26. The molecule has 0 spiro atoms. The first kappa shape index (κ1) is 21.3. The second-order valence-electron chi connectivity index (χ2n) is 6.46. The maximum absolute atomic E-state index is 12.4. The third kappa shape index (κ3) is 6.30. The molecule has 0 saturated carbocycles. The fourth-order valence-corrected chi connectivity index (χ4v) is 2.42. The van der Waals surface area contributed by atoms with E-state index in [1.807, 2.05) is 32.9 Å². The second-order valence-corrected chi connectivity index (χ2v) is 6.46. The molecular formula is C22H28N2O4. The first-order chi connectivity index (χ1) is 13.5. The number of hydrogen-bond acceptors (Lipinski definition) is 4. The molecule has 150 valence electrons. The largest absolute Gasteiger partial charge is 0.490 e. The van der Waals surface area contributed by atoms with E-state index >= 15 is 0 Å². The van der Waals surface area contributed by atoms with Crippen molar-refractivity contribution in [3.05, 3.63) is 54.1 Å². The van der Waals surface area contributed by atoms with Crippen LogP contribution in [0, 0.1) is 0 Å². The summed E-state index contributed by atoms with van der Waals surface area (Å²) in [5, 5.41) is 5.66. The molecule has 0 aromatic heterocycles. The Labute approximate surface area is 166 Å². The molecule has 0 radical (unpaired) electrons. The summed E-state index contributed by atoms with van der Waals surface area (Å²) in [5.41, 5.74) is 0.871. The van der Waals surface area contributed by atoms with Crippen molar-refractivity contribution in [2.45, 2.75) is 39.7 Å². The highest BCUT2D eigenvalue weighted by molar-refractivity contribution is 6.04. The number of ether oxygens (including phenoxy) is 2. The molecule has 0 aliphatic carbocycles. The molecule has 2 N–H and O–H groups in total. The summed E-state index contributed by atoms with van der Waals surface area (Å²) in [6.45, 7) is 6.34. The normalized spacial score (nSPS) is 11.4. The maximum atomic E-state index is 12.4. The molecule has 2 rings (SSSR count). The van der Waals surface area contributed by atoms with Gasteiger partial charge in [0.25, 0.3) is 11.8 Å². The third-order valence-electron chi connectivity index (χ3n) is 4.11. The number of hydrogen-bond donors (Lipinski definition) is 2.